The molecule has 0 amide bonds. The summed E-state index contributed by atoms with van der Waals surface area (Å²) in [5, 5.41) is 20.4. The molecule has 1 saturated carbocycles. The average Bonchev–Trinajstić information content (AvgIpc) is 2.05. The van der Waals surface area contributed by atoms with Crippen LogP contribution < -0.4 is 0 Å². The van der Waals surface area contributed by atoms with E-state index >= 15 is 0 Å². The van der Waals surface area contributed by atoms with Gasteiger partial charge in [-0.05, 0) is 19.3 Å². The minimum Gasteiger partial charge on any atom is -0.383 e. The topological polar surface area (TPSA) is 63.4 Å². The van der Waals surface area contributed by atoms with Gasteiger partial charge >= 0.3 is 0 Å². The summed E-state index contributed by atoms with van der Waals surface area (Å²) >= 11 is 0. The second kappa shape index (κ2) is 3.39. The highest BCUT2D eigenvalue weighted by atomic mass is 16.6. The zero-order valence-electron chi connectivity index (χ0n) is 7.32. The van der Waals surface area contributed by atoms with E-state index in [0.29, 0.717) is 19.3 Å². The van der Waals surface area contributed by atoms with E-state index in [9.17, 15) is 15.2 Å². The van der Waals surface area contributed by atoms with Crippen LogP contribution in [0.15, 0.2) is 0 Å². The minimum absolute atomic E-state index is 0.331. The molecular formula is C8H15NO3. The molecule has 0 heterocycles. The first-order valence-corrected chi connectivity index (χ1v) is 4.46. The van der Waals surface area contributed by atoms with E-state index in [1.54, 1.807) is 0 Å². The molecule has 1 N–H and O–H groups in total. The lowest BCUT2D eigenvalue weighted by Crippen LogP contribution is -2.48. The molecule has 1 fully saturated rings. The summed E-state index contributed by atoms with van der Waals surface area (Å²) in [7, 11) is 0. The Bertz CT molecular complexity index is 183. The first-order valence-electron chi connectivity index (χ1n) is 4.46. The fraction of sp³-hybridized carbons (Fsp3) is 1.00. The summed E-state index contributed by atoms with van der Waals surface area (Å²) in [5.74, 6) is 0. The van der Waals surface area contributed by atoms with Crippen molar-refractivity contribution in [1.29, 1.82) is 0 Å². The van der Waals surface area contributed by atoms with Gasteiger partial charge in [-0.15, -0.1) is 0 Å². The zero-order valence-corrected chi connectivity index (χ0v) is 7.32. The molecule has 2 atom stereocenters. The third-order valence-corrected chi connectivity index (χ3v) is 2.82. The van der Waals surface area contributed by atoms with Crippen molar-refractivity contribution in [3.8, 4) is 0 Å². The lowest BCUT2D eigenvalue weighted by molar-refractivity contribution is -0.550. The quantitative estimate of drug-likeness (QED) is 0.506. The van der Waals surface area contributed by atoms with E-state index < -0.39 is 11.6 Å². The molecule has 0 aromatic rings. The largest absolute Gasteiger partial charge is 0.383 e. The van der Waals surface area contributed by atoms with Crippen molar-refractivity contribution in [1.82, 2.24) is 0 Å². The normalized spacial score (nSPS) is 36.3. The van der Waals surface area contributed by atoms with E-state index in [1.807, 2.05) is 6.92 Å². The highest BCUT2D eigenvalue weighted by molar-refractivity contribution is 4.89. The molecule has 0 saturated heterocycles. The van der Waals surface area contributed by atoms with E-state index in [2.05, 4.69) is 0 Å². The number of rotatable bonds is 2. The second-order valence-corrected chi connectivity index (χ2v) is 3.50. The van der Waals surface area contributed by atoms with Gasteiger partial charge in [0.15, 0.2) is 0 Å². The molecule has 70 valence electrons. The van der Waals surface area contributed by atoms with E-state index in [4.69, 9.17) is 0 Å². The SMILES string of the molecule is CC[C@]1(O)CCCC[C@@H]1[N+](=O)[O-]. The predicted octanol–water partition coefficient (Wildman–Crippen LogP) is 1.35. The van der Waals surface area contributed by atoms with Crippen molar-refractivity contribution >= 4 is 0 Å². The molecule has 0 radical (unpaired) electrons. The maximum absolute atomic E-state index is 10.6. The molecule has 1 rings (SSSR count). The van der Waals surface area contributed by atoms with Crippen LogP contribution in [0.3, 0.4) is 0 Å². The summed E-state index contributed by atoms with van der Waals surface area (Å²) in [6.07, 6.45) is 3.37. The Morgan fingerprint density at radius 3 is 2.75 bits per heavy atom. The number of nitro groups is 1. The summed E-state index contributed by atoms with van der Waals surface area (Å²) < 4.78 is 0. The number of nitrogens with zero attached hydrogens (tertiary/aromatic N) is 1. The van der Waals surface area contributed by atoms with Gasteiger partial charge in [-0.2, -0.15) is 0 Å². The van der Waals surface area contributed by atoms with Gasteiger partial charge in [0.2, 0.25) is 6.04 Å². The third kappa shape index (κ3) is 1.58. The summed E-state index contributed by atoms with van der Waals surface area (Å²) in [6.45, 7) is 1.81. The van der Waals surface area contributed by atoms with Crippen molar-refractivity contribution in [2.45, 2.75) is 50.7 Å². The molecule has 0 bridgehead atoms. The summed E-state index contributed by atoms with van der Waals surface area (Å²) in [6, 6.07) is -0.740. The molecule has 4 heteroatoms. The smallest absolute Gasteiger partial charge is 0.241 e. The summed E-state index contributed by atoms with van der Waals surface area (Å²) in [5.41, 5.74) is -1.04. The van der Waals surface area contributed by atoms with Crippen LogP contribution in [0.4, 0.5) is 0 Å². The Hall–Kier alpha value is -0.640. The van der Waals surface area contributed by atoms with Crippen LogP contribution in [0, 0.1) is 10.1 Å². The average molecular weight is 173 g/mol. The van der Waals surface area contributed by atoms with Gasteiger partial charge in [-0.3, -0.25) is 10.1 Å². The second-order valence-electron chi connectivity index (χ2n) is 3.50. The van der Waals surface area contributed by atoms with Crippen LogP contribution in [0.25, 0.3) is 0 Å². The maximum Gasteiger partial charge on any atom is 0.241 e. The summed E-state index contributed by atoms with van der Waals surface area (Å²) in [4.78, 5) is 10.2. The number of hydrogen-bond acceptors (Lipinski definition) is 3. The first kappa shape index (κ1) is 9.45. The molecule has 0 spiro atoms. The number of hydrogen-bond donors (Lipinski definition) is 1. The van der Waals surface area contributed by atoms with Crippen LogP contribution in [0.2, 0.25) is 0 Å². The molecule has 4 nitrogen and oxygen atoms in total. The standard InChI is InChI=1S/C8H15NO3/c1-2-8(10)6-4-3-5-7(8)9(11)12/h7,10H,2-6H2,1H3/t7-,8-/m0/s1. The van der Waals surface area contributed by atoms with Crippen molar-refractivity contribution in [2.24, 2.45) is 0 Å². The van der Waals surface area contributed by atoms with Crippen molar-refractivity contribution in [3.05, 3.63) is 10.1 Å². The minimum atomic E-state index is -1.04. The fourth-order valence-electron chi connectivity index (χ4n) is 1.92. The van der Waals surface area contributed by atoms with E-state index in [1.165, 1.54) is 0 Å². The zero-order chi connectivity index (χ0) is 9.19. The lowest BCUT2D eigenvalue weighted by Gasteiger charge is -2.33. The fourth-order valence-corrected chi connectivity index (χ4v) is 1.92. The van der Waals surface area contributed by atoms with Crippen LogP contribution in [0.1, 0.15) is 39.0 Å². The highest BCUT2D eigenvalue weighted by Crippen LogP contribution is 2.32. The highest BCUT2D eigenvalue weighted by Gasteiger charge is 2.45. The van der Waals surface area contributed by atoms with Crippen molar-refractivity contribution in [3.63, 3.8) is 0 Å². The van der Waals surface area contributed by atoms with Gasteiger partial charge in [0.25, 0.3) is 0 Å². The maximum atomic E-state index is 10.6. The monoisotopic (exact) mass is 173 g/mol. The van der Waals surface area contributed by atoms with Gasteiger partial charge in [0.1, 0.15) is 5.60 Å². The van der Waals surface area contributed by atoms with Gasteiger partial charge in [0, 0.05) is 11.3 Å². The molecule has 0 aromatic carbocycles. The van der Waals surface area contributed by atoms with Crippen molar-refractivity contribution < 1.29 is 10.0 Å². The van der Waals surface area contributed by atoms with Crippen LogP contribution >= 0.6 is 0 Å². The Morgan fingerprint density at radius 2 is 2.33 bits per heavy atom. The Kier molecular flexibility index (Phi) is 2.67. The Labute approximate surface area is 71.7 Å². The van der Waals surface area contributed by atoms with E-state index in [-0.39, 0.29) is 4.92 Å². The molecule has 0 aliphatic heterocycles. The van der Waals surface area contributed by atoms with Gasteiger partial charge < -0.3 is 5.11 Å². The van der Waals surface area contributed by atoms with Crippen LogP contribution in [-0.4, -0.2) is 21.7 Å². The van der Waals surface area contributed by atoms with E-state index in [0.717, 1.165) is 12.8 Å². The third-order valence-electron chi connectivity index (χ3n) is 2.82. The van der Waals surface area contributed by atoms with Crippen molar-refractivity contribution in [2.75, 3.05) is 0 Å². The van der Waals surface area contributed by atoms with Gasteiger partial charge in [-0.1, -0.05) is 13.3 Å². The molecule has 12 heavy (non-hydrogen) atoms. The Balaban J connectivity index is 2.73. The van der Waals surface area contributed by atoms with Crippen LogP contribution in [-0.2, 0) is 0 Å². The first-order chi connectivity index (χ1) is 5.60. The van der Waals surface area contributed by atoms with Crippen LogP contribution in [0.5, 0.6) is 0 Å². The molecule has 0 unspecified atom stereocenters. The van der Waals surface area contributed by atoms with Gasteiger partial charge in [0.05, 0.1) is 0 Å². The van der Waals surface area contributed by atoms with Gasteiger partial charge in [-0.25, -0.2) is 0 Å². The molecular weight excluding hydrogens is 158 g/mol. The molecule has 0 aromatic heterocycles. The number of aliphatic hydroxyl groups is 1. The Morgan fingerprint density at radius 1 is 1.67 bits per heavy atom. The molecule has 1 aliphatic carbocycles. The molecule has 1 aliphatic rings. The predicted molar refractivity (Wildman–Crippen MR) is 44.5 cm³/mol. The lowest BCUT2D eigenvalue weighted by atomic mass is 9.79.